The zero-order valence-corrected chi connectivity index (χ0v) is 11.6. The number of nitrogens with two attached hydrogens (primary N) is 1. The SMILES string of the molecule is CC(CN)(NC(=O)c1ccc(O)cc1F)c1ccccc1. The van der Waals surface area contributed by atoms with Crippen molar-refractivity contribution in [3.63, 3.8) is 0 Å². The predicted molar refractivity (Wildman–Crippen MR) is 78.4 cm³/mol. The number of hydrogen-bond donors (Lipinski definition) is 3. The van der Waals surface area contributed by atoms with E-state index in [1.54, 1.807) is 6.92 Å². The lowest BCUT2D eigenvalue weighted by molar-refractivity contribution is 0.0903. The molecule has 0 aromatic heterocycles. The third kappa shape index (κ3) is 3.20. The van der Waals surface area contributed by atoms with Crippen LogP contribution < -0.4 is 11.1 Å². The van der Waals surface area contributed by atoms with Crippen LogP contribution in [0.1, 0.15) is 22.8 Å². The summed E-state index contributed by atoms with van der Waals surface area (Å²) in [4.78, 5) is 12.2. The number of aromatic hydroxyl groups is 1. The average molecular weight is 288 g/mol. The van der Waals surface area contributed by atoms with Gasteiger partial charge in [-0.3, -0.25) is 4.79 Å². The first-order chi connectivity index (χ1) is 9.96. The molecule has 0 heterocycles. The maximum Gasteiger partial charge on any atom is 0.254 e. The summed E-state index contributed by atoms with van der Waals surface area (Å²) in [5.74, 6) is -1.59. The van der Waals surface area contributed by atoms with E-state index in [0.717, 1.165) is 11.6 Å². The fourth-order valence-electron chi connectivity index (χ4n) is 2.05. The molecule has 0 saturated heterocycles. The standard InChI is InChI=1S/C16H17FN2O2/c1-16(10-18,11-5-3-2-4-6-11)19-15(21)13-8-7-12(20)9-14(13)17/h2-9,20H,10,18H2,1H3,(H,19,21). The number of carbonyl (C=O) groups excluding carboxylic acids is 1. The smallest absolute Gasteiger partial charge is 0.254 e. The second-order valence-corrected chi connectivity index (χ2v) is 5.02. The minimum atomic E-state index is -0.803. The summed E-state index contributed by atoms with van der Waals surface area (Å²) < 4.78 is 13.7. The highest BCUT2D eigenvalue weighted by Crippen LogP contribution is 2.21. The number of rotatable bonds is 4. The maximum absolute atomic E-state index is 13.7. The number of carbonyl (C=O) groups is 1. The van der Waals surface area contributed by atoms with Crippen LogP contribution >= 0.6 is 0 Å². The highest BCUT2D eigenvalue weighted by molar-refractivity contribution is 5.95. The number of nitrogens with one attached hydrogen (secondary N) is 1. The number of amides is 1. The fraction of sp³-hybridized carbons (Fsp3) is 0.188. The van der Waals surface area contributed by atoms with Gasteiger partial charge >= 0.3 is 0 Å². The fourth-order valence-corrected chi connectivity index (χ4v) is 2.05. The van der Waals surface area contributed by atoms with Crippen LogP contribution in [0.3, 0.4) is 0 Å². The Morgan fingerprint density at radius 1 is 1.29 bits per heavy atom. The van der Waals surface area contributed by atoms with Crippen molar-refractivity contribution in [3.05, 3.63) is 65.5 Å². The van der Waals surface area contributed by atoms with Gasteiger partial charge in [0.1, 0.15) is 11.6 Å². The van der Waals surface area contributed by atoms with E-state index in [4.69, 9.17) is 5.73 Å². The Morgan fingerprint density at radius 3 is 2.52 bits per heavy atom. The first-order valence-corrected chi connectivity index (χ1v) is 6.53. The Balaban J connectivity index is 2.28. The van der Waals surface area contributed by atoms with Gasteiger partial charge in [0.05, 0.1) is 11.1 Å². The molecule has 0 aliphatic carbocycles. The van der Waals surface area contributed by atoms with E-state index in [-0.39, 0.29) is 17.9 Å². The molecule has 2 aromatic rings. The average Bonchev–Trinajstić information content (AvgIpc) is 2.47. The molecule has 0 spiro atoms. The molecule has 1 amide bonds. The summed E-state index contributed by atoms with van der Waals surface area (Å²) in [7, 11) is 0. The first kappa shape index (κ1) is 15.0. The Bertz CT molecular complexity index is 646. The van der Waals surface area contributed by atoms with Gasteiger partial charge in [0.2, 0.25) is 0 Å². The maximum atomic E-state index is 13.7. The van der Waals surface area contributed by atoms with Crippen molar-refractivity contribution in [3.8, 4) is 5.75 Å². The molecule has 0 radical (unpaired) electrons. The monoisotopic (exact) mass is 288 g/mol. The van der Waals surface area contributed by atoms with Crippen molar-refractivity contribution in [2.75, 3.05) is 6.54 Å². The number of phenols is 1. The summed E-state index contributed by atoms with van der Waals surface area (Å²) >= 11 is 0. The van der Waals surface area contributed by atoms with Gasteiger partial charge in [0, 0.05) is 12.6 Å². The Labute approximate surface area is 122 Å². The van der Waals surface area contributed by atoms with Crippen LogP contribution in [0.4, 0.5) is 4.39 Å². The number of halogens is 1. The summed E-state index contributed by atoms with van der Waals surface area (Å²) in [5.41, 5.74) is 5.67. The Morgan fingerprint density at radius 2 is 1.95 bits per heavy atom. The van der Waals surface area contributed by atoms with Crippen LogP contribution in [-0.2, 0) is 5.54 Å². The van der Waals surface area contributed by atoms with Crippen molar-refractivity contribution in [1.29, 1.82) is 0 Å². The molecule has 4 nitrogen and oxygen atoms in total. The van der Waals surface area contributed by atoms with E-state index < -0.39 is 17.3 Å². The predicted octanol–water partition coefficient (Wildman–Crippen LogP) is 2.14. The number of hydrogen-bond acceptors (Lipinski definition) is 3. The van der Waals surface area contributed by atoms with E-state index in [2.05, 4.69) is 5.32 Å². The van der Waals surface area contributed by atoms with Crippen LogP contribution in [0.25, 0.3) is 0 Å². The van der Waals surface area contributed by atoms with E-state index in [1.165, 1.54) is 12.1 Å². The third-order valence-electron chi connectivity index (χ3n) is 3.41. The van der Waals surface area contributed by atoms with Gasteiger partial charge in [-0.05, 0) is 24.6 Å². The third-order valence-corrected chi connectivity index (χ3v) is 3.41. The zero-order chi connectivity index (χ0) is 15.5. The summed E-state index contributed by atoms with van der Waals surface area (Å²) in [5, 5.41) is 11.9. The Hall–Kier alpha value is -2.40. The molecule has 0 saturated carbocycles. The highest BCUT2D eigenvalue weighted by Gasteiger charge is 2.28. The quantitative estimate of drug-likeness (QED) is 0.806. The summed E-state index contributed by atoms with van der Waals surface area (Å²) in [6.45, 7) is 1.95. The van der Waals surface area contributed by atoms with Crippen LogP contribution in [0.2, 0.25) is 0 Å². The largest absolute Gasteiger partial charge is 0.508 e. The summed E-state index contributed by atoms with van der Waals surface area (Å²) in [6.07, 6.45) is 0. The molecule has 0 fully saturated rings. The molecule has 2 rings (SSSR count). The highest BCUT2D eigenvalue weighted by atomic mass is 19.1. The van der Waals surface area contributed by atoms with Crippen molar-refractivity contribution >= 4 is 5.91 Å². The molecule has 2 aromatic carbocycles. The molecule has 1 unspecified atom stereocenters. The zero-order valence-electron chi connectivity index (χ0n) is 11.6. The van der Waals surface area contributed by atoms with Gasteiger partial charge in [0.15, 0.2) is 0 Å². The van der Waals surface area contributed by atoms with E-state index in [1.807, 2.05) is 30.3 Å². The van der Waals surface area contributed by atoms with Gasteiger partial charge in [-0.15, -0.1) is 0 Å². The van der Waals surface area contributed by atoms with Crippen LogP contribution in [0.5, 0.6) is 5.75 Å². The number of phenolic OH excluding ortho intramolecular Hbond substituents is 1. The molecule has 21 heavy (non-hydrogen) atoms. The molecular formula is C16H17FN2O2. The van der Waals surface area contributed by atoms with Gasteiger partial charge in [-0.2, -0.15) is 0 Å². The lowest BCUT2D eigenvalue weighted by Gasteiger charge is -2.30. The number of benzene rings is 2. The van der Waals surface area contributed by atoms with Crippen molar-refractivity contribution < 1.29 is 14.3 Å². The minimum absolute atomic E-state index is 0.136. The molecule has 0 bridgehead atoms. The second-order valence-electron chi connectivity index (χ2n) is 5.02. The normalized spacial score (nSPS) is 13.5. The van der Waals surface area contributed by atoms with Crippen molar-refractivity contribution in [2.24, 2.45) is 5.73 Å². The van der Waals surface area contributed by atoms with Crippen molar-refractivity contribution in [2.45, 2.75) is 12.5 Å². The molecule has 1 atom stereocenters. The first-order valence-electron chi connectivity index (χ1n) is 6.53. The van der Waals surface area contributed by atoms with E-state index >= 15 is 0 Å². The lowest BCUT2D eigenvalue weighted by Crippen LogP contribution is -2.49. The van der Waals surface area contributed by atoms with E-state index in [0.29, 0.717) is 0 Å². The van der Waals surface area contributed by atoms with Gasteiger partial charge in [-0.25, -0.2) is 4.39 Å². The van der Waals surface area contributed by atoms with Gasteiger partial charge in [-0.1, -0.05) is 30.3 Å². The van der Waals surface area contributed by atoms with Crippen LogP contribution in [-0.4, -0.2) is 17.6 Å². The molecule has 4 N–H and O–H groups in total. The molecule has 5 heteroatoms. The lowest BCUT2D eigenvalue weighted by atomic mass is 9.91. The Kier molecular flexibility index (Phi) is 4.23. The molecule has 110 valence electrons. The molecule has 0 aliphatic heterocycles. The second kappa shape index (κ2) is 5.93. The van der Waals surface area contributed by atoms with Gasteiger partial charge in [0.25, 0.3) is 5.91 Å². The topological polar surface area (TPSA) is 75.3 Å². The summed E-state index contributed by atoms with van der Waals surface area (Å²) in [6, 6.07) is 12.6. The molecule has 0 aliphatic rings. The van der Waals surface area contributed by atoms with E-state index in [9.17, 15) is 14.3 Å². The van der Waals surface area contributed by atoms with Crippen molar-refractivity contribution in [1.82, 2.24) is 5.32 Å². The minimum Gasteiger partial charge on any atom is -0.508 e. The van der Waals surface area contributed by atoms with Crippen LogP contribution in [0, 0.1) is 5.82 Å². The molecular weight excluding hydrogens is 271 g/mol. The van der Waals surface area contributed by atoms with Gasteiger partial charge < -0.3 is 16.2 Å². The van der Waals surface area contributed by atoms with Crippen LogP contribution in [0.15, 0.2) is 48.5 Å².